The number of hydrogen-bond donors (Lipinski definition) is 1. The lowest BCUT2D eigenvalue weighted by molar-refractivity contribution is 0.0702. The molecule has 0 aliphatic carbocycles. The lowest BCUT2D eigenvalue weighted by atomic mass is 10.1. The van der Waals surface area contributed by atoms with Crippen molar-refractivity contribution in [2.24, 2.45) is 0 Å². The number of hydrogen-bond acceptors (Lipinski definition) is 4. The van der Waals surface area contributed by atoms with E-state index < -0.39 is 5.97 Å². The summed E-state index contributed by atoms with van der Waals surface area (Å²) in [7, 11) is 1.87. The number of benzene rings is 1. The van der Waals surface area contributed by atoms with Crippen LogP contribution >= 0.6 is 22.9 Å². The van der Waals surface area contributed by atoms with Crippen molar-refractivity contribution in [1.29, 1.82) is 0 Å². The Balaban J connectivity index is 2.21. The molecule has 1 aromatic carbocycles. The van der Waals surface area contributed by atoms with Crippen LogP contribution in [-0.2, 0) is 6.54 Å². The molecule has 0 saturated heterocycles. The van der Waals surface area contributed by atoms with Crippen molar-refractivity contribution in [2.45, 2.75) is 13.5 Å². The molecule has 0 atom stereocenters. The van der Waals surface area contributed by atoms with Crippen LogP contribution in [0.1, 0.15) is 20.8 Å². The van der Waals surface area contributed by atoms with Gasteiger partial charge in [-0.1, -0.05) is 47.2 Å². The Morgan fingerprint density at radius 3 is 2.74 bits per heavy atom. The van der Waals surface area contributed by atoms with Crippen molar-refractivity contribution in [1.82, 2.24) is 4.98 Å². The van der Waals surface area contributed by atoms with Crippen molar-refractivity contribution in [3.63, 3.8) is 0 Å². The Kier molecular flexibility index (Phi) is 4.07. The van der Waals surface area contributed by atoms with Crippen molar-refractivity contribution < 1.29 is 9.90 Å². The standard InChI is InChI=1S/C13H13ClN2O2S/c1-8-5-3-4-6-9(8)7-16(2)13-15-11(14)10(19-13)12(17)18/h3-6H,7H2,1-2H3,(H,17,18). The summed E-state index contributed by atoms with van der Waals surface area (Å²) in [6.07, 6.45) is 0. The molecule has 0 aliphatic rings. The number of rotatable bonds is 4. The van der Waals surface area contributed by atoms with Crippen LogP contribution in [0.3, 0.4) is 0 Å². The highest BCUT2D eigenvalue weighted by atomic mass is 35.5. The minimum absolute atomic E-state index is 0.0455. The minimum Gasteiger partial charge on any atom is -0.477 e. The fraction of sp³-hybridized carbons (Fsp3) is 0.231. The van der Waals surface area contributed by atoms with Gasteiger partial charge in [0.2, 0.25) is 0 Å². The van der Waals surface area contributed by atoms with Crippen LogP contribution in [0, 0.1) is 6.92 Å². The largest absolute Gasteiger partial charge is 0.477 e. The predicted octanol–water partition coefficient (Wildman–Crippen LogP) is 3.44. The van der Waals surface area contributed by atoms with Gasteiger partial charge < -0.3 is 10.0 Å². The average Bonchev–Trinajstić information content (AvgIpc) is 2.74. The molecule has 0 aliphatic heterocycles. The van der Waals surface area contributed by atoms with Crippen LogP contribution in [0.15, 0.2) is 24.3 Å². The van der Waals surface area contributed by atoms with Crippen LogP contribution in [0.5, 0.6) is 0 Å². The SMILES string of the molecule is Cc1ccccc1CN(C)c1nc(Cl)c(C(=O)O)s1. The second kappa shape index (κ2) is 5.59. The zero-order valence-electron chi connectivity index (χ0n) is 10.6. The quantitative estimate of drug-likeness (QED) is 0.939. The van der Waals surface area contributed by atoms with Crippen LogP contribution in [0.2, 0.25) is 5.15 Å². The molecular weight excluding hydrogens is 284 g/mol. The highest BCUT2D eigenvalue weighted by Crippen LogP contribution is 2.29. The zero-order valence-corrected chi connectivity index (χ0v) is 12.1. The van der Waals surface area contributed by atoms with Gasteiger partial charge >= 0.3 is 5.97 Å². The number of nitrogens with zero attached hydrogens (tertiary/aromatic N) is 2. The summed E-state index contributed by atoms with van der Waals surface area (Å²) >= 11 is 6.89. The maximum atomic E-state index is 10.9. The first-order chi connectivity index (χ1) is 8.99. The van der Waals surface area contributed by atoms with E-state index >= 15 is 0 Å². The molecule has 2 rings (SSSR count). The summed E-state index contributed by atoms with van der Waals surface area (Å²) in [6, 6.07) is 8.05. The lowest BCUT2D eigenvalue weighted by Crippen LogP contribution is -2.16. The lowest BCUT2D eigenvalue weighted by Gasteiger charge is -2.16. The van der Waals surface area contributed by atoms with Gasteiger partial charge in [-0.2, -0.15) is 0 Å². The van der Waals surface area contributed by atoms with E-state index in [0.717, 1.165) is 11.3 Å². The van der Waals surface area contributed by atoms with Gasteiger partial charge in [0.05, 0.1) is 0 Å². The van der Waals surface area contributed by atoms with E-state index in [1.807, 2.05) is 43.1 Å². The van der Waals surface area contributed by atoms with Gasteiger partial charge in [0.1, 0.15) is 0 Å². The summed E-state index contributed by atoms with van der Waals surface area (Å²) in [5.74, 6) is -1.04. The van der Waals surface area contributed by atoms with Crippen molar-refractivity contribution >= 4 is 34.0 Å². The van der Waals surface area contributed by atoms with Gasteiger partial charge in [0.15, 0.2) is 15.2 Å². The van der Waals surface area contributed by atoms with Crippen molar-refractivity contribution in [3.8, 4) is 0 Å². The summed E-state index contributed by atoms with van der Waals surface area (Å²) in [5.41, 5.74) is 2.36. The van der Waals surface area contributed by atoms with E-state index in [9.17, 15) is 4.79 Å². The Bertz CT molecular complexity index is 612. The highest BCUT2D eigenvalue weighted by Gasteiger charge is 2.18. The van der Waals surface area contributed by atoms with Gasteiger partial charge in [-0.15, -0.1) is 0 Å². The third-order valence-corrected chi connectivity index (χ3v) is 4.31. The van der Waals surface area contributed by atoms with Gasteiger partial charge in [-0.05, 0) is 18.1 Å². The summed E-state index contributed by atoms with van der Waals surface area (Å²) < 4.78 is 0. The second-order valence-corrected chi connectivity index (χ2v) is 5.54. The molecular formula is C13H13ClN2O2S. The average molecular weight is 297 g/mol. The molecule has 0 bridgehead atoms. The monoisotopic (exact) mass is 296 g/mol. The highest BCUT2D eigenvalue weighted by molar-refractivity contribution is 7.18. The Hall–Kier alpha value is -1.59. The Labute approximate surface area is 120 Å². The fourth-order valence-electron chi connectivity index (χ4n) is 1.70. The first-order valence-electron chi connectivity index (χ1n) is 5.64. The third kappa shape index (κ3) is 3.05. The summed E-state index contributed by atoms with van der Waals surface area (Å²) in [6.45, 7) is 2.70. The molecule has 0 unspecified atom stereocenters. The zero-order chi connectivity index (χ0) is 14.0. The number of anilines is 1. The molecule has 6 heteroatoms. The van der Waals surface area contributed by atoms with E-state index in [1.54, 1.807) is 0 Å². The third-order valence-electron chi connectivity index (χ3n) is 2.76. The number of thiazole rings is 1. The number of aromatic carboxylic acids is 1. The smallest absolute Gasteiger partial charge is 0.349 e. The van der Waals surface area contributed by atoms with Crippen LogP contribution in [0.4, 0.5) is 5.13 Å². The molecule has 0 spiro atoms. The molecule has 1 N–H and O–H groups in total. The maximum absolute atomic E-state index is 10.9. The van der Waals surface area contributed by atoms with Crippen molar-refractivity contribution in [3.05, 3.63) is 45.4 Å². The number of aromatic nitrogens is 1. The first-order valence-corrected chi connectivity index (χ1v) is 6.83. The molecule has 4 nitrogen and oxygen atoms in total. The van der Waals surface area contributed by atoms with Gasteiger partial charge in [-0.3, -0.25) is 0 Å². The van der Waals surface area contributed by atoms with Gasteiger partial charge in [0.25, 0.3) is 0 Å². The van der Waals surface area contributed by atoms with Crippen LogP contribution < -0.4 is 4.90 Å². The Morgan fingerprint density at radius 1 is 1.47 bits per heavy atom. The summed E-state index contributed by atoms with van der Waals surface area (Å²) in [4.78, 5) is 17.0. The van der Waals surface area contributed by atoms with Crippen molar-refractivity contribution in [2.75, 3.05) is 11.9 Å². The molecule has 1 aromatic heterocycles. The molecule has 19 heavy (non-hydrogen) atoms. The molecule has 0 saturated carbocycles. The normalized spacial score (nSPS) is 10.5. The number of carbonyl (C=O) groups is 1. The number of carboxylic acid groups (broad SMARTS) is 1. The summed E-state index contributed by atoms with van der Waals surface area (Å²) in [5, 5.41) is 9.61. The van der Waals surface area contributed by atoms with E-state index in [0.29, 0.717) is 11.7 Å². The molecule has 100 valence electrons. The first kappa shape index (κ1) is 13.8. The fourth-order valence-corrected chi connectivity index (χ4v) is 2.78. The van der Waals surface area contributed by atoms with Gasteiger partial charge in [-0.25, -0.2) is 9.78 Å². The van der Waals surface area contributed by atoms with E-state index in [1.165, 1.54) is 11.1 Å². The number of halogens is 1. The predicted molar refractivity (Wildman–Crippen MR) is 77.4 cm³/mol. The number of carboxylic acids is 1. The van der Waals surface area contributed by atoms with Crippen LogP contribution in [0.25, 0.3) is 0 Å². The minimum atomic E-state index is -1.04. The van der Waals surface area contributed by atoms with E-state index in [4.69, 9.17) is 16.7 Å². The topological polar surface area (TPSA) is 53.4 Å². The number of aryl methyl sites for hydroxylation is 1. The van der Waals surface area contributed by atoms with E-state index in [-0.39, 0.29) is 10.0 Å². The molecule has 0 radical (unpaired) electrons. The van der Waals surface area contributed by atoms with Crippen LogP contribution in [-0.4, -0.2) is 23.1 Å². The second-order valence-electron chi connectivity index (χ2n) is 4.20. The maximum Gasteiger partial charge on any atom is 0.349 e. The molecule has 2 aromatic rings. The molecule has 1 heterocycles. The Morgan fingerprint density at radius 2 is 2.16 bits per heavy atom. The van der Waals surface area contributed by atoms with E-state index in [2.05, 4.69) is 4.98 Å². The molecule has 0 amide bonds. The molecule has 0 fully saturated rings. The van der Waals surface area contributed by atoms with Gasteiger partial charge in [0, 0.05) is 13.6 Å².